The first-order chi connectivity index (χ1) is 4.91. The maximum Gasteiger partial charge on any atom is 0.0134 e. The summed E-state index contributed by atoms with van der Waals surface area (Å²) in [5.41, 5.74) is 0. The van der Waals surface area contributed by atoms with E-state index in [4.69, 9.17) is 0 Å². The second kappa shape index (κ2) is 9.18. The lowest BCUT2D eigenvalue weighted by molar-refractivity contribution is 0.686. The van der Waals surface area contributed by atoms with Crippen molar-refractivity contribution in [2.45, 2.75) is 19.8 Å². The van der Waals surface area contributed by atoms with Crippen molar-refractivity contribution in [1.82, 2.24) is 5.32 Å². The molecular weight excluding hydrogens is 190 g/mol. The molecule has 1 N–H and O–H groups in total. The van der Waals surface area contributed by atoms with Crippen molar-refractivity contribution in [2.75, 3.05) is 18.4 Å². The van der Waals surface area contributed by atoms with E-state index in [2.05, 4.69) is 33.4 Å². The average molecular weight is 206 g/mol. The van der Waals surface area contributed by atoms with Crippen LogP contribution in [0.2, 0.25) is 0 Å². The molecule has 0 aromatic heterocycles. The first-order valence-electron chi connectivity index (χ1n) is 3.79. The van der Waals surface area contributed by atoms with Gasteiger partial charge in [0.25, 0.3) is 0 Å². The molecule has 0 radical (unpaired) electrons. The molecule has 60 valence electrons. The molecule has 2 heteroatoms. The van der Waals surface area contributed by atoms with Gasteiger partial charge in [-0.3, -0.25) is 0 Å². The minimum absolute atomic E-state index is 1.01. The highest BCUT2D eigenvalue weighted by atomic mass is 79.9. The Labute approximate surface area is 72.0 Å². The first kappa shape index (κ1) is 10.2. The number of allylic oxidation sites excluding steroid dienone is 1. The number of rotatable bonds is 6. The van der Waals surface area contributed by atoms with Crippen LogP contribution in [0.3, 0.4) is 0 Å². The summed E-state index contributed by atoms with van der Waals surface area (Å²) in [6, 6.07) is 0. The second-order valence-electron chi connectivity index (χ2n) is 2.17. The summed E-state index contributed by atoms with van der Waals surface area (Å²) in [4.78, 5) is 0. The van der Waals surface area contributed by atoms with Gasteiger partial charge in [0, 0.05) is 11.9 Å². The van der Waals surface area contributed by atoms with E-state index >= 15 is 0 Å². The highest BCUT2D eigenvalue weighted by Crippen LogP contribution is 1.91. The monoisotopic (exact) mass is 205 g/mol. The van der Waals surface area contributed by atoms with Crippen LogP contribution in [0.15, 0.2) is 12.2 Å². The maximum atomic E-state index is 3.39. The van der Waals surface area contributed by atoms with Gasteiger partial charge in [0.1, 0.15) is 0 Å². The molecule has 0 bridgehead atoms. The van der Waals surface area contributed by atoms with Gasteiger partial charge in [-0.25, -0.2) is 0 Å². The predicted molar refractivity (Wildman–Crippen MR) is 50.7 cm³/mol. The van der Waals surface area contributed by atoms with Gasteiger partial charge in [0.2, 0.25) is 0 Å². The van der Waals surface area contributed by atoms with Gasteiger partial charge in [0.15, 0.2) is 0 Å². The van der Waals surface area contributed by atoms with Gasteiger partial charge < -0.3 is 5.32 Å². The van der Waals surface area contributed by atoms with E-state index in [1.165, 1.54) is 12.8 Å². The highest BCUT2D eigenvalue weighted by molar-refractivity contribution is 9.09. The Morgan fingerprint density at radius 1 is 1.40 bits per heavy atom. The molecule has 0 aliphatic heterocycles. The smallest absolute Gasteiger partial charge is 0.0134 e. The summed E-state index contributed by atoms with van der Waals surface area (Å²) in [6.45, 7) is 4.19. The predicted octanol–water partition coefficient (Wildman–Crippen LogP) is 2.33. The Kier molecular flexibility index (Phi) is 9.35. The molecule has 0 aliphatic rings. The Morgan fingerprint density at radius 3 is 2.80 bits per heavy atom. The standard InChI is InChI=1S/C8H16BrN/c1-2-3-7-10-8-5-4-6-9/h2-3,10H,4-8H2,1H3/b3-2+. The van der Waals surface area contributed by atoms with Gasteiger partial charge in [-0.05, 0) is 26.3 Å². The van der Waals surface area contributed by atoms with Crippen LogP contribution < -0.4 is 5.32 Å². The van der Waals surface area contributed by atoms with Crippen molar-refractivity contribution in [3.8, 4) is 0 Å². The van der Waals surface area contributed by atoms with E-state index in [0.29, 0.717) is 0 Å². The lowest BCUT2D eigenvalue weighted by Gasteiger charge is -1.98. The molecule has 10 heavy (non-hydrogen) atoms. The van der Waals surface area contributed by atoms with E-state index in [0.717, 1.165) is 18.4 Å². The molecule has 0 spiro atoms. The lowest BCUT2D eigenvalue weighted by atomic mass is 10.3. The number of hydrogen-bond donors (Lipinski definition) is 1. The van der Waals surface area contributed by atoms with Gasteiger partial charge in [-0.2, -0.15) is 0 Å². The number of halogens is 1. The van der Waals surface area contributed by atoms with Crippen molar-refractivity contribution >= 4 is 15.9 Å². The van der Waals surface area contributed by atoms with Crippen molar-refractivity contribution in [1.29, 1.82) is 0 Å². The zero-order valence-corrected chi connectivity index (χ0v) is 8.15. The van der Waals surface area contributed by atoms with Crippen molar-refractivity contribution in [2.24, 2.45) is 0 Å². The first-order valence-corrected chi connectivity index (χ1v) is 4.91. The van der Waals surface area contributed by atoms with Crippen LogP contribution in [0.1, 0.15) is 19.8 Å². The molecule has 0 aromatic rings. The molecule has 0 fully saturated rings. The van der Waals surface area contributed by atoms with E-state index < -0.39 is 0 Å². The fraction of sp³-hybridized carbons (Fsp3) is 0.750. The van der Waals surface area contributed by atoms with Crippen LogP contribution >= 0.6 is 15.9 Å². The SMILES string of the molecule is C/C=C/CNCCCCBr. The maximum absolute atomic E-state index is 3.39. The highest BCUT2D eigenvalue weighted by Gasteiger charge is 1.83. The molecule has 0 amide bonds. The normalized spacial score (nSPS) is 11.0. The Morgan fingerprint density at radius 2 is 2.20 bits per heavy atom. The molecule has 0 rings (SSSR count). The Hall–Kier alpha value is 0.180. The summed E-state index contributed by atoms with van der Waals surface area (Å²) in [5, 5.41) is 4.44. The van der Waals surface area contributed by atoms with Gasteiger partial charge in [0.05, 0.1) is 0 Å². The zero-order chi connectivity index (χ0) is 7.66. The van der Waals surface area contributed by atoms with Crippen LogP contribution in [0.5, 0.6) is 0 Å². The number of nitrogens with one attached hydrogen (secondary N) is 1. The molecule has 0 saturated heterocycles. The van der Waals surface area contributed by atoms with Crippen molar-refractivity contribution in [3.63, 3.8) is 0 Å². The van der Waals surface area contributed by atoms with Crippen LogP contribution in [0.25, 0.3) is 0 Å². The third kappa shape index (κ3) is 8.18. The van der Waals surface area contributed by atoms with E-state index in [1.807, 2.05) is 6.92 Å². The molecule has 0 unspecified atom stereocenters. The third-order valence-electron chi connectivity index (χ3n) is 1.24. The fourth-order valence-corrected chi connectivity index (χ4v) is 1.04. The van der Waals surface area contributed by atoms with Crippen molar-refractivity contribution < 1.29 is 0 Å². The van der Waals surface area contributed by atoms with E-state index in [9.17, 15) is 0 Å². The summed E-state index contributed by atoms with van der Waals surface area (Å²) in [5.74, 6) is 0. The molecule has 1 nitrogen and oxygen atoms in total. The summed E-state index contributed by atoms with van der Waals surface area (Å²) < 4.78 is 0. The molecule has 0 aliphatic carbocycles. The van der Waals surface area contributed by atoms with E-state index in [1.54, 1.807) is 0 Å². The molecule has 0 aromatic carbocycles. The minimum atomic E-state index is 1.01. The second-order valence-corrected chi connectivity index (χ2v) is 2.96. The average Bonchev–Trinajstić information content (AvgIpc) is 1.97. The van der Waals surface area contributed by atoms with E-state index in [-0.39, 0.29) is 0 Å². The summed E-state index contributed by atoms with van der Waals surface area (Å²) >= 11 is 3.39. The Balaban J connectivity index is 2.77. The molecule has 0 heterocycles. The fourth-order valence-electron chi connectivity index (χ4n) is 0.648. The van der Waals surface area contributed by atoms with Crippen LogP contribution in [0, 0.1) is 0 Å². The topological polar surface area (TPSA) is 12.0 Å². The number of hydrogen-bond acceptors (Lipinski definition) is 1. The van der Waals surface area contributed by atoms with Crippen LogP contribution in [-0.2, 0) is 0 Å². The Bertz CT molecular complexity index is 81.3. The lowest BCUT2D eigenvalue weighted by Crippen LogP contribution is -2.14. The summed E-state index contributed by atoms with van der Waals surface area (Å²) in [6.07, 6.45) is 6.73. The molecular formula is C8H16BrN. The van der Waals surface area contributed by atoms with Gasteiger partial charge >= 0.3 is 0 Å². The molecule has 0 atom stereocenters. The zero-order valence-electron chi connectivity index (χ0n) is 6.57. The largest absolute Gasteiger partial charge is 0.313 e. The molecule has 0 saturated carbocycles. The summed E-state index contributed by atoms with van der Waals surface area (Å²) in [7, 11) is 0. The van der Waals surface area contributed by atoms with Crippen molar-refractivity contribution in [3.05, 3.63) is 12.2 Å². The van der Waals surface area contributed by atoms with Crippen LogP contribution in [-0.4, -0.2) is 18.4 Å². The third-order valence-corrected chi connectivity index (χ3v) is 1.80. The van der Waals surface area contributed by atoms with Crippen LogP contribution in [0.4, 0.5) is 0 Å². The quantitative estimate of drug-likeness (QED) is 0.399. The number of alkyl halides is 1. The number of unbranched alkanes of at least 4 members (excludes halogenated alkanes) is 1. The van der Waals surface area contributed by atoms with Gasteiger partial charge in [-0.1, -0.05) is 28.1 Å². The minimum Gasteiger partial charge on any atom is -0.313 e. The van der Waals surface area contributed by atoms with Gasteiger partial charge in [-0.15, -0.1) is 0 Å².